The highest BCUT2D eigenvalue weighted by molar-refractivity contribution is 5.98. The minimum atomic E-state index is 0.0912. The topological polar surface area (TPSA) is 21.8 Å². The Kier molecular flexibility index (Phi) is 5.50. The first-order valence-corrected chi connectivity index (χ1v) is 9.05. The van der Waals surface area contributed by atoms with Crippen molar-refractivity contribution in [3.63, 3.8) is 0 Å². The molecule has 1 aliphatic carbocycles. The Morgan fingerprint density at radius 3 is 2.68 bits per heavy atom. The van der Waals surface area contributed by atoms with Crippen molar-refractivity contribution in [2.75, 3.05) is 0 Å². The summed E-state index contributed by atoms with van der Waals surface area (Å²) in [5.74, 6) is 1.64. The van der Waals surface area contributed by atoms with Crippen LogP contribution >= 0.6 is 0 Å². The number of ether oxygens (including phenoxy) is 1. The van der Waals surface area contributed by atoms with E-state index in [0.29, 0.717) is 18.1 Å². The predicted molar refractivity (Wildman–Crippen MR) is 83.4 cm³/mol. The molecule has 2 fully saturated rings. The van der Waals surface area contributed by atoms with Crippen molar-refractivity contribution in [2.24, 2.45) is 11.8 Å². The van der Waals surface area contributed by atoms with Crippen LogP contribution in [-0.2, 0) is 9.16 Å². The molecule has 0 radical (unpaired) electrons. The second-order valence-electron chi connectivity index (χ2n) is 7.24. The van der Waals surface area contributed by atoms with Gasteiger partial charge in [0.1, 0.15) is 10.5 Å². The highest BCUT2D eigenvalue weighted by Crippen LogP contribution is 2.41. The number of epoxide rings is 1. The highest BCUT2D eigenvalue weighted by Gasteiger charge is 2.43. The van der Waals surface area contributed by atoms with Crippen LogP contribution in [0.2, 0.25) is 0 Å². The molecule has 3 heteroatoms. The van der Waals surface area contributed by atoms with Gasteiger partial charge < -0.3 is 9.16 Å². The van der Waals surface area contributed by atoms with E-state index >= 15 is 0 Å². The standard InChI is InChI=1S/C16H32O2Si/c1-12(16(2,3)18-19)7-5-4-6-8-13-9-10-14-15(11-13)17-14/h12-15H,4-11H2,1-3,19H3. The molecule has 0 N–H and O–H groups in total. The fraction of sp³-hybridized carbons (Fsp3) is 1.00. The van der Waals surface area contributed by atoms with Gasteiger partial charge in [0.2, 0.25) is 0 Å². The number of unbranched alkanes of at least 4 members (excludes halogenated alkanes) is 2. The van der Waals surface area contributed by atoms with Crippen molar-refractivity contribution in [3.8, 4) is 0 Å². The van der Waals surface area contributed by atoms with Crippen LogP contribution in [0.1, 0.15) is 72.1 Å². The molecule has 2 rings (SSSR count). The fourth-order valence-electron chi connectivity index (χ4n) is 3.36. The zero-order valence-electron chi connectivity index (χ0n) is 13.3. The van der Waals surface area contributed by atoms with Gasteiger partial charge in [0, 0.05) is 0 Å². The third-order valence-electron chi connectivity index (χ3n) is 5.58. The first-order valence-electron chi connectivity index (χ1n) is 8.23. The molecular formula is C16H32O2Si. The van der Waals surface area contributed by atoms with Crippen LogP contribution in [-0.4, -0.2) is 28.3 Å². The summed E-state index contributed by atoms with van der Waals surface area (Å²) in [5, 5.41) is 0. The fourth-order valence-corrected chi connectivity index (χ4v) is 3.76. The van der Waals surface area contributed by atoms with Crippen molar-refractivity contribution in [2.45, 2.75) is 89.9 Å². The van der Waals surface area contributed by atoms with Gasteiger partial charge in [-0.15, -0.1) is 0 Å². The number of rotatable bonds is 8. The predicted octanol–water partition coefficient (Wildman–Crippen LogP) is 3.22. The van der Waals surface area contributed by atoms with E-state index in [1.54, 1.807) is 0 Å². The highest BCUT2D eigenvalue weighted by atomic mass is 28.2. The van der Waals surface area contributed by atoms with E-state index in [-0.39, 0.29) is 5.60 Å². The summed E-state index contributed by atoms with van der Waals surface area (Å²) in [6, 6.07) is 0. The molecule has 2 nitrogen and oxygen atoms in total. The zero-order valence-corrected chi connectivity index (χ0v) is 15.3. The summed E-state index contributed by atoms with van der Waals surface area (Å²) >= 11 is 0. The summed E-state index contributed by atoms with van der Waals surface area (Å²) < 4.78 is 11.3. The Hall–Kier alpha value is 0.137. The summed E-state index contributed by atoms with van der Waals surface area (Å²) in [6.45, 7) is 6.81. The van der Waals surface area contributed by atoms with E-state index in [1.165, 1.54) is 51.4 Å². The largest absolute Gasteiger partial charge is 0.423 e. The van der Waals surface area contributed by atoms with E-state index in [1.807, 2.05) is 0 Å². The molecule has 0 aromatic carbocycles. The maximum Gasteiger partial charge on any atom is 0.146 e. The van der Waals surface area contributed by atoms with E-state index in [0.717, 1.165) is 16.4 Å². The van der Waals surface area contributed by atoms with Gasteiger partial charge in [-0.1, -0.05) is 32.6 Å². The maximum absolute atomic E-state index is 5.69. The first-order chi connectivity index (χ1) is 9.03. The van der Waals surface area contributed by atoms with Gasteiger partial charge in [0.15, 0.2) is 0 Å². The van der Waals surface area contributed by atoms with E-state index in [9.17, 15) is 0 Å². The number of hydrogen-bond acceptors (Lipinski definition) is 2. The summed E-state index contributed by atoms with van der Waals surface area (Å²) in [5.41, 5.74) is 0.0912. The van der Waals surface area contributed by atoms with Crippen molar-refractivity contribution in [3.05, 3.63) is 0 Å². The van der Waals surface area contributed by atoms with Crippen LogP contribution < -0.4 is 0 Å². The van der Waals surface area contributed by atoms with E-state index in [2.05, 4.69) is 20.8 Å². The van der Waals surface area contributed by atoms with Gasteiger partial charge in [0.25, 0.3) is 0 Å². The van der Waals surface area contributed by atoms with Crippen LogP contribution in [0.25, 0.3) is 0 Å². The molecule has 0 bridgehead atoms. The zero-order chi connectivity index (χ0) is 13.9. The molecule has 0 amide bonds. The molecule has 112 valence electrons. The average Bonchev–Trinajstić information content (AvgIpc) is 3.16. The number of hydrogen-bond donors (Lipinski definition) is 0. The monoisotopic (exact) mass is 284 g/mol. The lowest BCUT2D eigenvalue weighted by atomic mass is 9.84. The van der Waals surface area contributed by atoms with Crippen LogP contribution in [0.5, 0.6) is 0 Å². The van der Waals surface area contributed by atoms with Crippen molar-refractivity contribution >= 4 is 10.5 Å². The Labute approximate surface area is 122 Å². The second-order valence-corrected chi connectivity index (χ2v) is 7.65. The summed E-state index contributed by atoms with van der Waals surface area (Å²) in [6.07, 6.45) is 12.3. The molecule has 0 aromatic rings. The summed E-state index contributed by atoms with van der Waals surface area (Å²) in [4.78, 5) is 0. The van der Waals surface area contributed by atoms with Gasteiger partial charge in [-0.25, -0.2) is 0 Å². The molecule has 19 heavy (non-hydrogen) atoms. The molecule has 1 saturated heterocycles. The number of fused-ring (bicyclic) bond motifs is 1. The SMILES string of the molecule is CC(CCCCCC1CCC2OC2C1)C(C)(C)O[SiH3]. The molecule has 0 spiro atoms. The van der Waals surface area contributed by atoms with Gasteiger partial charge in [0.05, 0.1) is 17.8 Å². The normalized spacial score (nSPS) is 32.1. The minimum Gasteiger partial charge on any atom is -0.423 e. The van der Waals surface area contributed by atoms with Crippen LogP contribution in [0.15, 0.2) is 0 Å². The lowest BCUT2D eigenvalue weighted by Crippen LogP contribution is -2.31. The van der Waals surface area contributed by atoms with Gasteiger partial charge in [-0.05, 0) is 51.4 Å². The van der Waals surface area contributed by atoms with Crippen LogP contribution in [0.4, 0.5) is 0 Å². The maximum atomic E-state index is 5.69. The van der Waals surface area contributed by atoms with Crippen molar-refractivity contribution < 1.29 is 9.16 Å². The van der Waals surface area contributed by atoms with Gasteiger partial charge in [-0.2, -0.15) is 0 Å². The first kappa shape index (κ1) is 15.5. The van der Waals surface area contributed by atoms with Crippen molar-refractivity contribution in [1.29, 1.82) is 0 Å². The summed E-state index contributed by atoms with van der Waals surface area (Å²) in [7, 11) is 0.850. The second kappa shape index (κ2) is 6.73. The lowest BCUT2D eigenvalue weighted by Gasteiger charge is -2.31. The molecule has 1 heterocycles. The van der Waals surface area contributed by atoms with Crippen LogP contribution in [0.3, 0.4) is 0 Å². The lowest BCUT2D eigenvalue weighted by molar-refractivity contribution is 0.0561. The minimum absolute atomic E-state index is 0.0912. The van der Waals surface area contributed by atoms with E-state index in [4.69, 9.17) is 9.16 Å². The van der Waals surface area contributed by atoms with Gasteiger partial charge in [-0.3, -0.25) is 0 Å². The smallest absolute Gasteiger partial charge is 0.146 e. The Morgan fingerprint density at radius 2 is 2.00 bits per heavy atom. The third kappa shape index (κ3) is 4.57. The Bertz CT molecular complexity index is 280. The molecular weight excluding hydrogens is 252 g/mol. The van der Waals surface area contributed by atoms with Gasteiger partial charge >= 0.3 is 0 Å². The molecule has 0 aromatic heterocycles. The average molecular weight is 285 g/mol. The molecule has 1 saturated carbocycles. The Balaban J connectivity index is 1.50. The molecule has 2 aliphatic rings. The molecule has 1 aliphatic heterocycles. The molecule has 4 atom stereocenters. The van der Waals surface area contributed by atoms with Crippen LogP contribution in [0, 0.1) is 11.8 Å². The third-order valence-corrected chi connectivity index (χ3v) is 6.63. The Morgan fingerprint density at radius 1 is 1.21 bits per heavy atom. The quantitative estimate of drug-likeness (QED) is 0.388. The molecule has 4 unspecified atom stereocenters. The van der Waals surface area contributed by atoms with Crippen molar-refractivity contribution in [1.82, 2.24) is 0 Å². The van der Waals surface area contributed by atoms with E-state index < -0.39 is 0 Å².